The van der Waals surface area contributed by atoms with Crippen LogP contribution in [0.3, 0.4) is 0 Å². The van der Waals surface area contributed by atoms with E-state index in [1.807, 2.05) is 5.38 Å². The molecule has 2 aromatic rings. The Labute approximate surface area is 64.1 Å². The molecule has 2 rings (SSSR count). The normalized spacial score (nSPS) is 10.5. The fraction of sp³-hybridized carbons (Fsp3) is 0.111. The minimum absolute atomic E-state index is 1.23. The van der Waals surface area contributed by atoms with Gasteiger partial charge in [0.15, 0.2) is 0 Å². The van der Waals surface area contributed by atoms with E-state index in [0.29, 0.717) is 0 Å². The molecule has 0 amide bonds. The van der Waals surface area contributed by atoms with Crippen molar-refractivity contribution in [2.24, 2.45) is 0 Å². The summed E-state index contributed by atoms with van der Waals surface area (Å²) in [4.78, 5) is 0. The largest absolute Gasteiger partial charge is 0.143 e. The lowest BCUT2D eigenvalue weighted by Crippen LogP contribution is -1.67. The van der Waals surface area contributed by atoms with Gasteiger partial charge in [-0.1, -0.05) is 12.1 Å². The van der Waals surface area contributed by atoms with Crippen LogP contribution in [0.25, 0.3) is 10.1 Å². The molecule has 1 aromatic heterocycles. The third-order valence-corrected chi connectivity index (χ3v) is 2.36. The van der Waals surface area contributed by atoms with Gasteiger partial charge in [0.05, 0.1) is 0 Å². The van der Waals surface area contributed by atoms with Crippen molar-refractivity contribution in [3.05, 3.63) is 35.2 Å². The number of hydrogen-bond acceptors (Lipinski definition) is 1. The molecule has 1 aromatic carbocycles. The molecule has 0 saturated carbocycles. The number of hydrogen-bond donors (Lipinski definition) is 0. The van der Waals surface area contributed by atoms with Gasteiger partial charge in [-0.15, -0.1) is 11.3 Å². The van der Waals surface area contributed by atoms with E-state index in [0.717, 1.165) is 0 Å². The summed E-state index contributed by atoms with van der Waals surface area (Å²) in [7, 11) is 0. The average Bonchev–Trinajstić information content (AvgIpc) is 2.33. The summed E-state index contributed by atoms with van der Waals surface area (Å²) in [6.07, 6.45) is 0. The van der Waals surface area contributed by atoms with Gasteiger partial charge in [-0.2, -0.15) is 0 Å². The summed E-state index contributed by atoms with van der Waals surface area (Å²) in [5, 5.41) is 3.24. The van der Waals surface area contributed by atoms with Crippen molar-refractivity contribution in [3.63, 3.8) is 0 Å². The van der Waals surface area contributed by atoms with Crippen LogP contribution < -0.4 is 0 Å². The summed E-state index contributed by atoms with van der Waals surface area (Å²) in [6.45, 7) is 2.11. The molecule has 0 fully saturated rings. The van der Waals surface area contributed by atoms with E-state index in [2.05, 4.69) is 31.2 Å². The molecule has 0 atom stereocenters. The van der Waals surface area contributed by atoms with E-state index in [4.69, 9.17) is 0 Å². The van der Waals surface area contributed by atoms with Crippen molar-refractivity contribution in [2.75, 3.05) is 0 Å². The Hall–Kier alpha value is -0.820. The number of thiophene rings is 1. The predicted octanol–water partition coefficient (Wildman–Crippen LogP) is 3.01. The molecule has 1 radical (unpaired) electrons. The minimum atomic E-state index is 1.23. The van der Waals surface area contributed by atoms with Gasteiger partial charge in [-0.05, 0) is 23.9 Å². The Balaban J connectivity index is 2.86. The molecule has 0 saturated heterocycles. The van der Waals surface area contributed by atoms with Gasteiger partial charge in [0.2, 0.25) is 0 Å². The zero-order chi connectivity index (χ0) is 6.97. The summed E-state index contributed by atoms with van der Waals surface area (Å²) >= 11 is 1.75. The molecule has 1 heteroatoms. The lowest BCUT2D eigenvalue weighted by atomic mass is 10.2. The van der Waals surface area contributed by atoms with Crippen molar-refractivity contribution in [3.8, 4) is 0 Å². The molecule has 49 valence electrons. The Bertz CT molecular complexity index is 346. The number of fused-ring (bicyclic) bond motifs is 1. The van der Waals surface area contributed by atoms with E-state index >= 15 is 0 Å². The van der Waals surface area contributed by atoms with Crippen LogP contribution in [0.15, 0.2) is 23.6 Å². The molecule has 0 aliphatic carbocycles. The molecule has 0 aliphatic heterocycles. The smallest absolute Gasteiger partial charge is 0.0351 e. The standard InChI is InChI=1S/C9H7S/c1-7-2-3-8-4-5-10-9(8)6-7/h2-3,5-6H,1H3. The lowest BCUT2D eigenvalue weighted by molar-refractivity contribution is 1.52. The first-order valence-electron chi connectivity index (χ1n) is 3.22. The van der Waals surface area contributed by atoms with E-state index in [1.54, 1.807) is 11.3 Å². The quantitative estimate of drug-likeness (QED) is 0.537. The lowest BCUT2D eigenvalue weighted by Gasteiger charge is -1.89. The van der Waals surface area contributed by atoms with E-state index in [-0.39, 0.29) is 0 Å². The van der Waals surface area contributed by atoms with Gasteiger partial charge < -0.3 is 0 Å². The van der Waals surface area contributed by atoms with Gasteiger partial charge in [0.25, 0.3) is 0 Å². The maximum atomic E-state index is 3.17. The highest BCUT2D eigenvalue weighted by atomic mass is 32.1. The average molecular weight is 147 g/mol. The monoisotopic (exact) mass is 147 g/mol. The van der Waals surface area contributed by atoms with Gasteiger partial charge in [-0.3, -0.25) is 0 Å². The highest BCUT2D eigenvalue weighted by Crippen LogP contribution is 2.20. The Morgan fingerprint density at radius 3 is 3.20 bits per heavy atom. The summed E-state index contributed by atoms with van der Waals surface area (Å²) < 4.78 is 1.33. The molecule has 1 heterocycles. The van der Waals surface area contributed by atoms with Crippen LogP contribution in [0.4, 0.5) is 0 Å². The van der Waals surface area contributed by atoms with E-state index in [1.165, 1.54) is 15.6 Å². The zero-order valence-electron chi connectivity index (χ0n) is 5.72. The molecule has 0 unspecified atom stereocenters. The van der Waals surface area contributed by atoms with Crippen LogP contribution in [-0.4, -0.2) is 0 Å². The van der Waals surface area contributed by atoms with Crippen molar-refractivity contribution in [2.45, 2.75) is 6.92 Å². The summed E-state index contributed by atoms with van der Waals surface area (Å²) in [6, 6.07) is 9.59. The summed E-state index contributed by atoms with van der Waals surface area (Å²) in [5.74, 6) is 0. The molecular formula is C9H7S. The van der Waals surface area contributed by atoms with Crippen molar-refractivity contribution in [1.82, 2.24) is 0 Å². The summed E-state index contributed by atoms with van der Waals surface area (Å²) in [5.41, 5.74) is 1.32. The highest BCUT2D eigenvalue weighted by molar-refractivity contribution is 7.17. The van der Waals surface area contributed by atoms with Crippen LogP contribution >= 0.6 is 11.3 Å². The molecule has 10 heavy (non-hydrogen) atoms. The molecule has 0 bridgehead atoms. The second kappa shape index (κ2) is 2.10. The Morgan fingerprint density at radius 2 is 2.30 bits per heavy atom. The topological polar surface area (TPSA) is 0 Å². The van der Waals surface area contributed by atoms with Crippen LogP contribution in [0.5, 0.6) is 0 Å². The van der Waals surface area contributed by atoms with E-state index < -0.39 is 0 Å². The van der Waals surface area contributed by atoms with Gasteiger partial charge >= 0.3 is 0 Å². The first-order valence-corrected chi connectivity index (χ1v) is 4.10. The Morgan fingerprint density at radius 1 is 1.40 bits per heavy atom. The van der Waals surface area contributed by atoms with Crippen molar-refractivity contribution < 1.29 is 0 Å². The molecule has 0 aliphatic rings. The molecule has 0 spiro atoms. The zero-order valence-corrected chi connectivity index (χ0v) is 6.53. The Kier molecular flexibility index (Phi) is 1.24. The second-order valence-electron chi connectivity index (χ2n) is 2.38. The van der Waals surface area contributed by atoms with Crippen LogP contribution in [-0.2, 0) is 0 Å². The van der Waals surface area contributed by atoms with Gasteiger partial charge in [0.1, 0.15) is 0 Å². The third kappa shape index (κ3) is 0.830. The second-order valence-corrected chi connectivity index (χ2v) is 3.29. The van der Waals surface area contributed by atoms with Crippen LogP contribution in [0.1, 0.15) is 5.56 Å². The maximum Gasteiger partial charge on any atom is 0.0351 e. The SMILES string of the molecule is Cc1ccc2[c]csc2c1. The molecule has 0 nitrogen and oxygen atoms in total. The third-order valence-electron chi connectivity index (χ3n) is 1.54. The molecular weight excluding hydrogens is 140 g/mol. The molecule has 0 N–H and O–H groups in total. The maximum absolute atomic E-state index is 3.17. The highest BCUT2D eigenvalue weighted by Gasteiger charge is 1.92. The number of aryl methyl sites for hydroxylation is 1. The van der Waals surface area contributed by atoms with Crippen LogP contribution in [0.2, 0.25) is 0 Å². The van der Waals surface area contributed by atoms with Crippen LogP contribution in [0, 0.1) is 13.0 Å². The number of benzene rings is 1. The fourth-order valence-electron chi connectivity index (χ4n) is 1.00. The predicted molar refractivity (Wildman–Crippen MR) is 45.4 cm³/mol. The van der Waals surface area contributed by atoms with E-state index in [9.17, 15) is 0 Å². The van der Waals surface area contributed by atoms with Crippen molar-refractivity contribution >= 4 is 21.4 Å². The minimum Gasteiger partial charge on any atom is -0.143 e. The van der Waals surface area contributed by atoms with Gasteiger partial charge in [-0.25, -0.2) is 0 Å². The number of rotatable bonds is 0. The fourth-order valence-corrected chi connectivity index (χ4v) is 1.82. The van der Waals surface area contributed by atoms with Gasteiger partial charge in [0, 0.05) is 16.2 Å². The first-order chi connectivity index (χ1) is 4.86. The first kappa shape index (κ1) is 5.93. The van der Waals surface area contributed by atoms with Crippen molar-refractivity contribution in [1.29, 1.82) is 0 Å².